The fraction of sp³-hybridized carbons (Fsp3) is 0.417. The maximum atomic E-state index is 11.3. The zero-order valence-corrected chi connectivity index (χ0v) is 27.2. The van der Waals surface area contributed by atoms with Crippen molar-refractivity contribution in [2.45, 2.75) is 80.1 Å². The predicted molar refractivity (Wildman–Crippen MR) is 177 cm³/mol. The van der Waals surface area contributed by atoms with Gasteiger partial charge >= 0.3 is 0 Å². The zero-order chi connectivity index (χ0) is 32.5. The molecule has 9 nitrogen and oxygen atoms in total. The third-order valence-corrected chi connectivity index (χ3v) is 7.77. The molecule has 0 unspecified atom stereocenters. The van der Waals surface area contributed by atoms with E-state index in [2.05, 4.69) is 20.8 Å². The van der Waals surface area contributed by atoms with Gasteiger partial charge < -0.3 is 29.5 Å². The van der Waals surface area contributed by atoms with Crippen LogP contribution >= 0.6 is 0 Å². The summed E-state index contributed by atoms with van der Waals surface area (Å²) in [5, 5.41) is 33.8. The molecular weight excluding hydrogens is 570 g/mol. The minimum absolute atomic E-state index is 0.0211. The molecule has 0 spiro atoms. The number of aromatic hydroxyl groups is 3. The molecule has 0 aliphatic heterocycles. The molecule has 0 atom stereocenters. The van der Waals surface area contributed by atoms with Crippen LogP contribution in [0, 0.1) is 20.8 Å². The Hall–Kier alpha value is -4.53. The Kier molecular flexibility index (Phi) is 11.5. The first-order valence-corrected chi connectivity index (χ1v) is 15.8. The molecule has 0 aliphatic rings. The van der Waals surface area contributed by atoms with Crippen molar-refractivity contribution >= 4 is 0 Å². The molecule has 45 heavy (non-hydrogen) atoms. The SMILES string of the molecule is CCCCOc1ccc(-c2nc(-c3ccc(OCCCC)c(C)c3O)nc(-c3ccc(OCCCC)c(C)c3O)n2)c(O)c1C. The average Bonchev–Trinajstić information content (AvgIpc) is 3.03. The van der Waals surface area contributed by atoms with E-state index < -0.39 is 0 Å². The Morgan fingerprint density at radius 3 is 0.978 bits per heavy atom. The Labute approximate surface area is 265 Å². The summed E-state index contributed by atoms with van der Waals surface area (Å²) in [4.78, 5) is 14.1. The first-order valence-electron chi connectivity index (χ1n) is 15.8. The fourth-order valence-electron chi connectivity index (χ4n) is 4.77. The average molecular weight is 616 g/mol. The van der Waals surface area contributed by atoms with E-state index in [1.165, 1.54) is 0 Å². The third-order valence-electron chi connectivity index (χ3n) is 7.77. The van der Waals surface area contributed by atoms with Gasteiger partial charge in [0.05, 0.1) is 36.5 Å². The van der Waals surface area contributed by atoms with Crippen molar-refractivity contribution in [1.29, 1.82) is 0 Å². The standard InChI is InChI=1S/C36H45N3O6/c1-7-10-19-43-28-16-13-25(31(40)22(28)4)34-37-35(26-14-17-29(23(5)32(26)41)44-20-11-8-2)39-36(38-34)27-15-18-30(24(6)33(27)42)45-21-12-9-3/h13-18,40-42H,7-12,19-21H2,1-6H3. The van der Waals surface area contributed by atoms with Crippen molar-refractivity contribution < 1.29 is 29.5 Å². The lowest BCUT2D eigenvalue weighted by molar-refractivity contribution is 0.305. The van der Waals surface area contributed by atoms with Crippen LogP contribution in [0.15, 0.2) is 36.4 Å². The van der Waals surface area contributed by atoms with Crippen LogP contribution < -0.4 is 14.2 Å². The van der Waals surface area contributed by atoms with Crippen LogP contribution in [0.3, 0.4) is 0 Å². The Morgan fingerprint density at radius 2 is 0.733 bits per heavy atom. The summed E-state index contributed by atoms with van der Waals surface area (Å²) in [7, 11) is 0. The molecule has 0 bridgehead atoms. The van der Waals surface area contributed by atoms with Gasteiger partial charge in [0.25, 0.3) is 0 Å². The lowest BCUT2D eigenvalue weighted by atomic mass is 10.1. The molecule has 3 N–H and O–H groups in total. The molecule has 240 valence electrons. The van der Waals surface area contributed by atoms with Gasteiger partial charge in [-0.15, -0.1) is 0 Å². The van der Waals surface area contributed by atoms with E-state index >= 15 is 0 Å². The van der Waals surface area contributed by atoms with E-state index in [-0.39, 0.29) is 34.7 Å². The van der Waals surface area contributed by atoms with Gasteiger partial charge in [0.1, 0.15) is 34.5 Å². The van der Waals surface area contributed by atoms with Gasteiger partial charge in [-0.05, 0) is 76.4 Å². The minimum Gasteiger partial charge on any atom is -0.507 e. The number of phenolic OH excluding ortho intramolecular Hbond substituents is 3. The largest absolute Gasteiger partial charge is 0.507 e. The summed E-state index contributed by atoms with van der Waals surface area (Å²) in [6.07, 6.45) is 5.69. The van der Waals surface area contributed by atoms with E-state index in [1.807, 2.05) is 0 Å². The Bertz CT molecular complexity index is 1420. The Balaban J connectivity index is 1.86. The topological polar surface area (TPSA) is 127 Å². The second-order valence-electron chi connectivity index (χ2n) is 11.2. The number of aromatic nitrogens is 3. The molecule has 3 aromatic carbocycles. The number of ether oxygens (including phenoxy) is 3. The molecule has 1 aromatic heterocycles. The maximum Gasteiger partial charge on any atom is 0.167 e. The van der Waals surface area contributed by atoms with Crippen molar-refractivity contribution in [3.63, 3.8) is 0 Å². The highest BCUT2D eigenvalue weighted by molar-refractivity contribution is 5.77. The van der Waals surface area contributed by atoms with Crippen LogP contribution in [0.2, 0.25) is 0 Å². The van der Waals surface area contributed by atoms with Crippen LogP contribution in [0.5, 0.6) is 34.5 Å². The van der Waals surface area contributed by atoms with Gasteiger partial charge in [-0.2, -0.15) is 0 Å². The van der Waals surface area contributed by atoms with Crippen molar-refractivity contribution in [2.24, 2.45) is 0 Å². The predicted octanol–water partition coefficient (Wildman–Crippen LogP) is 8.45. The molecule has 4 rings (SSSR count). The van der Waals surface area contributed by atoms with Gasteiger partial charge in [-0.3, -0.25) is 0 Å². The third kappa shape index (κ3) is 7.59. The number of rotatable bonds is 15. The van der Waals surface area contributed by atoms with Crippen LogP contribution in [0.1, 0.15) is 76.0 Å². The number of nitrogens with zero attached hydrogens (tertiary/aromatic N) is 3. The minimum atomic E-state index is -0.0211. The first kappa shape index (κ1) is 33.4. The first-order chi connectivity index (χ1) is 21.7. The van der Waals surface area contributed by atoms with Crippen LogP contribution in [-0.2, 0) is 0 Å². The van der Waals surface area contributed by atoms with Crippen LogP contribution in [0.4, 0.5) is 0 Å². The molecule has 0 saturated carbocycles. The molecule has 9 heteroatoms. The van der Waals surface area contributed by atoms with Crippen LogP contribution in [-0.4, -0.2) is 50.1 Å². The summed E-state index contributed by atoms with van der Waals surface area (Å²) >= 11 is 0. The van der Waals surface area contributed by atoms with E-state index in [4.69, 9.17) is 29.2 Å². The van der Waals surface area contributed by atoms with Crippen molar-refractivity contribution in [3.05, 3.63) is 53.1 Å². The molecule has 0 aliphatic carbocycles. The summed E-state index contributed by atoms with van der Waals surface area (Å²) in [5.74, 6) is 2.21. The molecule has 4 aromatic rings. The highest BCUT2D eigenvalue weighted by Crippen LogP contribution is 2.41. The van der Waals surface area contributed by atoms with Gasteiger partial charge in [0.15, 0.2) is 17.5 Å². The zero-order valence-electron chi connectivity index (χ0n) is 27.2. The Morgan fingerprint density at radius 1 is 0.467 bits per heavy atom. The van der Waals surface area contributed by atoms with Gasteiger partial charge in [0, 0.05) is 16.7 Å². The lowest BCUT2D eigenvalue weighted by Gasteiger charge is -2.16. The second kappa shape index (κ2) is 15.5. The highest BCUT2D eigenvalue weighted by atomic mass is 16.5. The summed E-state index contributed by atoms with van der Waals surface area (Å²) in [6, 6.07) is 10.5. The van der Waals surface area contributed by atoms with Gasteiger partial charge in [-0.25, -0.2) is 15.0 Å². The quantitative estimate of drug-likeness (QED) is 0.113. The maximum absolute atomic E-state index is 11.3. The number of phenols is 3. The summed E-state index contributed by atoms with van der Waals surface area (Å²) < 4.78 is 17.6. The lowest BCUT2D eigenvalue weighted by Crippen LogP contribution is -2.04. The van der Waals surface area contributed by atoms with Crippen molar-refractivity contribution in [2.75, 3.05) is 19.8 Å². The normalized spacial score (nSPS) is 11.1. The molecule has 0 fully saturated rings. The van der Waals surface area contributed by atoms with E-state index in [1.54, 1.807) is 57.2 Å². The number of hydrogen-bond acceptors (Lipinski definition) is 9. The highest BCUT2D eigenvalue weighted by Gasteiger charge is 2.22. The fourth-order valence-corrected chi connectivity index (χ4v) is 4.77. The van der Waals surface area contributed by atoms with E-state index in [9.17, 15) is 15.3 Å². The van der Waals surface area contributed by atoms with Gasteiger partial charge in [-0.1, -0.05) is 40.0 Å². The summed E-state index contributed by atoms with van der Waals surface area (Å²) in [6.45, 7) is 13.2. The number of hydrogen-bond donors (Lipinski definition) is 3. The number of unbranched alkanes of at least 4 members (excludes halogenated alkanes) is 3. The molecule has 0 amide bonds. The monoisotopic (exact) mass is 615 g/mol. The molecule has 0 radical (unpaired) electrons. The van der Waals surface area contributed by atoms with Crippen molar-refractivity contribution in [1.82, 2.24) is 15.0 Å². The van der Waals surface area contributed by atoms with Crippen LogP contribution in [0.25, 0.3) is 34.2 Å². The van der Waals surface area contributed by atoms with E-state index in [0.717, 1.165) is 38.5 Å². The summed E-state index contributed by atoms with van der Waals surface area (Å²) in [5.41, 5.74) is 2.79. The molecule has 0 saturated heterocycles. The van der Waals surface area contributed by atoms with E-state index in [0.29, 0.717) is 70.4 Å². The number of benzene rings is 3. The molecule has 1 heterocycles. The molecular formula is C36H45N3O6. The van der Waals surface area contributed by atoms with Crippen molar-refractivity contribution in [3.8, 4) is 68.7 Å². The smallest absolute Gasteiger partial charge is 0.167 e. The van der Waals surface area contributed by atoms with Gasteiger partial charge in [0.2, 0.25) is 0 Å². The second-order valence-corrected chi connectivity index (χ2v) is 11.2.